The highest BCUT2D eigenvalue weighted by Gasteiger charge is 2.50. The van der Waals surface area contributed by atoms with Gasteiger partial charge in [0.1, 0.15) is 22.3 Å². The van der Waals surface area contributed by atoms with Crippen molar-refractivity contribution in [2.45, 2.75) is 55.6 Å². The molecule has 4 aliphatic heterocycles. The topological polar surface area (TPSA) is 113 Å². The van der Waals surface area contributed by atoms with Gasteiger partial charge < -0.3 is 28.4 Å². The molecule has 11 nitrogen and oxygen atoms in total. The van der Waals surface area contributed by atoms with Crippen LogP contribution in [0.3, 0.4) is 0 Å². The van der Waals surface area contributed by atoms with Crippen molar-refractivity contribution in [2.75, 3.05) is 54.8 Å². The Morgan fingerprint density at radius 1 is 0.897 bits per heavy atom. The normalized spacial score (nSPS) is 25.4. The minimum atomic E-state index is -3.89. The fourth-order valence-electron chi connectivity index (χ4n) is 6.63. The molecule has 0 aromatic heterocycles. The third-order valence-electron chi connectivity index (χ3n) is 8.41. The maximum Gasteiger partial charge on any atom is 0.342 e. The van der Waals surface area contributed by atoms with Crippen LogP contribution < -0.4 is 14.2 Å². The molecule has 1 aliphatic carbocycles. The van der Waals surface area contributed by atoms with E-state index in [-0.39, 0.29) is 23.2 Å². The van der Waals surface area contributed by atoms with E-state index in [2.05, 4.69) is 4.90 Å². The number of likely N-dealkylation sites (N-methyl/N-ethyl adjacent to an activating group) is 1. The fourth-order valence-corrected chi connectivity index (χ4v) is 8.53. The highest BCUT2D eigenvalue weighted by Crippen LogP contribution is 2.56. The van der Waals surface area contributed by atoms with E-state index in [0.717, 1.165) is 24.8 Å². The molecule has 5 aliphatic rings. The monoisotopic (exact) mass is 562 g/mol. The lowest BCUT2D eigenvalue weighted by atomic mass is 9.82. The minimum Gasteiger partial charge on any atom is -0.497 e. The summed E-state index contributed by atoms with van der Waals surface area (Å²) < 4.78 is 64.5. The van der Waals surface area contributed by atoms with Crippen molar-refractivity contribution < 1.29 is 41.6 Å². The predicted octanol–water partition coefficient (Wildman–Crippen LogP) is 2.65. The van der Waals surface area contributed by atoms with Crippen LogP contribution in [-0.2, 0) is 35.4 Å². The van der Waals surface area contributed by atoms with E-state index >= 15 is 0 Å². The predicted molar refractivity (Wildman–Crippen MR) is 138 cm³/mol. The second-order valence-corrected chi connectivity index (χ2v) is 12.2. The van der Waals surface area contributed by atoms with E-state index in [1.165, 1.54) is 14.2 Å². The van der Waals surface area contributed by atoms with Crippen molar-refractivity contribution in [3.8, 4) is 17.2 Å². The number of hydrogen-bond acceptors (Lipinski definition) is 10. The van der Waals surface area contributed by atoms with Gasteiger partial charge in [-0.05, 0) is 43.9 Å². The van der Waals surface area contributed by atoms with Gasteiger partial charge in [0, 0.05) is 31.6 Å². The molecule has 1 saturated heterocycles. The first-order valence-corrected chi connectivity index (χ1v) is 14.8. The lowest BCUT2D eigenvalue weighted by molar-refractivity contribution is -0.142. The number of methoxy groups -OCH3 is 3. The summed E-state index contributed by atoms with van der Waals surface area (Å²) in [4.78, 5) is 15.5. The summed E-state index contributed by atoms with van der Waals surface area (Å²) in [7, 11) is 2.66. The molecule has 2 atom stereocenters. The quantitative estimate of drug-likeness (QED) is 0.480. The van der Waals surface area contributed by atoms with Crippen LogP contribution in [0.25, 0.3) is 0 Å². The molecule has 12 heteroatoms. The van der Waals surface area contributed by atoms with Gasteiger partial charge in [-0.3, -0.25) is 4.90 Å². The summed E-state index contributed by atoms with van der Waals surface area (Å²) in [6.07, 6.45) is 3.54. The third kappa shape index (κ3) is 3.90. The number of piperidine rings is 1. The zero-order valence-electron chi connectivity index (χ0n) is 22.7. The van der Waals surface area contributed by atoms with E-state index in [1.807, 2.05) is 7.05 Å². The highest BCUT2D eigenvalue weighted by atomic mass is 32.2. The summed E-state index contributed by atoms with van der Waals surface area (Å²) in [5.41, 5.74) is 2.47. The summed E-state index contributed by atoms with van der Waals surface area (Å²) in [5, 5.41) is 0. The van der Waals surface area contributed by atoms with Crippen LogP contribution in [0.1, 0.15) is 49.3 Å². The first-order valence-electron chi connectivity index (χ1n) is 13.3. The fraction of sp³-hybridized carbons (Fsp3) is 0.593. The number of nitrogens with zero attached hydrogens (tertiary/aromatic N) is 2. The molecule has 1 aromatic carbocycles. The molecular formula is C27H34N2O9S. The molecule has 4 heterocycles. The van der Waals surface area contributed by atoms with Gasteiger partial charge in [-0.15, -0.1) is 0 Å². The summed E-state index contributed by atoms with van der Waals surface area (Å²) in [5.74, 6) is 1.39. The number of allylic oxidation sites excluding steroid dienone is 1. The molecule has 0 spiro atoms. The Kier molecular flexibility index (Phi) is 6.67. The maximum absolute atomic E-state index is 14.2. The number of rotatable bonds is 6. The van der Waals surface area contributed by atoms with Crippen LogP contribution in [0, 0.1) is 0 Å². The number of esters is 1. The second kappa shape index (κ2) is 9.90. The Hall–Kier alpha value is -2.96. The number of cyclic esters (lactones) is 1. The van der Waals surface area contributed by atoms with Gasteiger partial charge in [0.25, 0.3) is 0 Å². The van der Waals surface area contributed by atoms with E-state index in [4.69, 9.17) is 28.4 Å². The standard InChI is InChI=1S/C27H34N2O9S/c1-28-13-10-16-18(20(28)21-15-8-9-17(33-2)22(34-3)19(15)27(30)38-21)23(35-4)24-25(37-14-36-24)26(16)39(31,32)29-11-6-5-7-12-29/h20-21H,5-14H2,1-4H3. The lowest BCUT2D eigenvalue weighted by Gasteiger charge is -2.40. The number of benzene rings is 1. The lowest BCUT2D eigenvalue weighted by Crippen LogP contribution is -2.42. The number of fused-ring (bicyclic) bond motifs is 2. The molecule has 1 fully saturated rings. The van der Waals surface area contributed by atoms with Crippen molar-refractivity contribution in [1.29, 1.82) is 0 Å². The van der Waals surface area contributed by atoms with Gasteiger partial charge in [0.15, 0.2) is 17.3 Å². The first kappa shape index (κ1) is 26.3. The maximum atomic E-state index is 14.2. The summed E-state index contributed by atoms with van der Waals surface area (Å²) in [6, 6.07) is -0.507. The number of ether oxygens (including phenoxy) is 6. The van der Waals surface area contributed by atoms with Gasteiger partial charge in [0.05, 0.1) is 27.4 Å². The number of sulfonamides is 1. The molecule has 0 N–H and O–H groups in total. The third-order valence-corrected chi connectivity index (χ3v) is 10.4. The smallest absolute Gasteiger partial charge is 0.342 e. The largest absolute Gasteiger partial charge is 0.497 e. The molecule has 212 valence electrons. The molecule has 39 heavy (non-hydrogen) atoms. The average Bonchev–Trinajstić information content (AvgIpc) is 3.56. The van der Waals surface area contributed by atoms with Crippen molar-refractivity contribution in [3.05, 3.63) is 33.8 Å². The molecule has 0 bridgehead atoms. The van der Waals surface area contributed by atoms with Crippen LogP contribution in [0.15, 0.2) is 27.6 Å². The number of carbonyl (C=O) groups is 1. The molecule has 2 unspecified atom stereocenters. The minimum absolute atomic E-state index is 0.104. The molecule has 0 saturated carbocycles. The van der Waals surface area contributed by atoms with Gasteiger partial charge in [-0.25, -0.2) is 13.2 Å². The zero-order chi connectivity index (χ0) is 27.5. The Bertz CT molecular complexity index is 1380. The Labute approximate surface area is 228 Å². The number of hydrogen-bond donors (Lipinski definition) is 0. The summed E-state index contributed by atoms with van der Waals surface area (Å²) in [6.45, 7) is 1.38. The van der Waals surface area contributed by atoms with Gasteiger partial charge in [-0.1, -0.05) is 6.42 Å². The Morgan fingerprint density at radius 2 is 1.64 bits per heavy atom. The van der Waals surface area contributed by atoms with Crippen LogP contribution in [0.5, 0.6) is 17.2 Å². The van der Waals surface area contributed by atoms with Crippen LogP contribution in [0.4, 0.5) is 0 Å². The van der Waals surface area contributed by atoms with E-state index in [9.17, 15) is 13.2 Å². The zero-order valence-corrected chi connectivity index (χ0v) is 23.5. The van der Waals surface area contributed by atoms with Crippen LogP contribution in [-0.4, -0.2) is 84.5 Å². The Morgan fingerprint density at radius 3 is 2.33 bits per heavy atom. The molecule has 0 radical (unpaired) electrons. The average molecular weight is 563 g/mol. The van der Waals surface area contributed by atoms with E-state index < -0.39 is 28.1 Å². The Balaban J connectivity index is 1.56. The van der Waals surface area contributed by atoms with Gasteiger partial charge in [0.2, 0.25) is 22.6 Å². The molecule has 1 aromatic rings. The summed E-state index contributed by atoms with van der Waals surface area (Å²) >= 11 is 0. The van der Waals surface area contributed by atoms with Crippen LogP contribution in [0.2, 0.25) is 0 Å². The van der Waals surface area contributed by atoms with Gasteiger partial charge in [-0.2, -0.15) is 4.31 Å². The highest BCUT2D eigenvalue weighted by molar-refractivity contribution is 7.89. The second-order valence-electron chi connectivity index (χ2n) is 10.3. The molecule has 0 amide bonds. The van der Waals surface area contributed by atoms with Crippen molar-refractivity contribution in [2.24, 2.45) is 0 Å². The first-order chi connectivity index (χ1) is 18.8. The van der Waals surface area contributed by atoms with E-state index in [1.54, 1.807) is 11.4 Å². The van der Waals surface area contributed by atoms with E-state index in [0.29, 0.717) is 72.9 Å². The van der Waals surface area contributed by atoms with Crippen molar-refractivity contribution in [1.82, 2.24) is 9.21 Å². The van der Waals surface area contributed by atoms with Gasteiger partial charge >= 0.3 is 5.97 Å². The molecular weight excluding hydrogens is 528 g/mol. The van der Waals surface area contributed by atoms with Crippen molar-refractivity contribution >= 4 is 16.0 Å². The molecule has 6 rings (SSSR count). The number of carbonyl (C=O) groups excluding carboxylic acids is 1. The SMILES string of the molecule is COC1=C(OC)C2=C(CC1)C(C1c3c(c(S(=O)(=O)N4CCCCC4)c4c(c3OC)OCO4)CCN1C)OC2=O. The van der Waals surface area contributed by atoms with Crippen molar-refractivity contribution in [3.63, 3.8) is 0 Å². The van der Waals surface area contributed by atoms with Crippen LogP contribution >= 0.6 is 0 Å².